The van der Waals surface area contributed by atoms with Crippen LogP contribution in [0.2, 0.25) is 0 Å². The van der Waals surface area contributed by atoms with Crippen LogP contribution in [-0.2, 0) is 10.0 Å². The van der Waals surface area contributed by atoms with Gasteiger partial charge >= 0.3 is 0 Å². The van der Waals surface area contributed by atoms with Crippen LogP contribution in [0.25, 0.3) is 0 Å². The third-order valence-electron chi connectivity index (χ3n) is 2.84. The maximum absolute atomic E-state index is 12.2. The van der Waals surface area contributed by atoms with E-state index in [4.69, 9.17) is 5.26 Å². The Morgan fingerprint density at radius 1 is 1.35 bits per heavy atom. The maximum atomic E-state index is 12.2. The number of nitro groups is 1. The molecule has 1 aromatic rings. The number of sulfonamides is 1. The first-order valence-electron chi connectivity index (χ1n) is 5.84. The summed E-state index contributed by atoms with van der Waals surface area (Å²) < 4.78 is 26.7. The van der Waals surface area contributed by atoms with Crippen molar-refractivity contribution in [1.29, 1.82) is 5.26 Å². The molecule has 108 valence electrons. The van der Waals surface area contributed by atoms with Crippen LogP contribution >= 0.6 is 0 Å². The number of nitriles is 1. The van der Waals surface area contributed by atoms with Crippen molar-refractivity contribution in [1.82, 2.24) is 4.72 Å². The summed E-state index contributed by atoms with van der Waals surface area (Å²) in [6.07, 6.45) is 0.0330. The lowest BCUT2D eigenvalue weighted by molar-refractivity contribution is -0.386. The second-order valence-corrected chi connectivity index (χ2v) is 6.08. The number of nitrogens with one attached hydrogen (secondary N) is 1. The number of nitrogens with zero attached hydrogens (tertiary/aromatic N) is 2. The van der Waals surface area contributed by atoms with Crippen LogP contribution in [0.4, 0.5) is 5.69 Å². The monoisotopic (exact) mass is 297 g/mol. The molecule has 20 heavy (non-hydrogen) atoms. The normalized spacial score (nSPS) is 11.1. The summed E-state index contributed by atoms with van der Waals surface area (Å²) in [6.45, 7) is 4.54. The first kappa shape index (κ1) is 16.1. The van der Waals surface area contributed by atoms with Gasteiger partial charge in [-0.3, -0.25) is 10.1 Å². The highest BCUT2D eigenvalue weighted by atomic mass is 32.2. The molecule has 0 saturated heterocycles. The molecule has 0 amide bonds. The number of hydrogen-bond acceptors (Lipinski definition) is 5. The fraction of sp³-hybridized carbons (Fsp3) is 0.417. The first-order chi connectivity index (χ1) is 9.22. The molecule has 8 heteroatoms. The van der Waals surface area contributed by atoms with E-state index in [2.05, 4.69) is 4.72 Å². The van der Waals surface area contributed by atoms with Crippen molar-refractivity contribution in [2.45, 2.75) is 32.1 Å². The molecule has 0 aromatic heterocycles. The largest absolute Gasteiger partial charge is 0.276 e. The SMILES string of the molecule is Cc1cc(C)c(S(=O)(=O)NCCC#N)c(C)c1[N+](=O)[O-]. The minimum Gasteiger partial charge on any atom is -0.258 e. The number of nitro benzene ring substituents is 1. The van der Waals surface area contributed by atoms with E-state index in [1.54, 1.807) is 13.8 Å². The van der Waals surface area contributed by atoms with Gasteiger partial charge in [-0.2, -0.15) is 5.26 Å². The molecule has 7 nitrogen and oxygen atoms in total. The fourth-order valence-corrected chi connectivity index (χ4v) is 3.66. The highest BCUT2D eigenvalue weighted by Crippen LogP contribution is 2.31. The Morgan fingerprint density at radius 3 is 2.45 bits per heavy atom. The highest BCUT2D eigenvalue weighted by Gasteiger charge is 2.27. The van der Waals surface area contributed by atoms with Gasteiger partial charge in [0, 0.05) is 24.1 Å². The number of aryl methyl sites for hydroxylation is 2. The van der Waals surface area contributed by atoms with Gasteiger partial charge in [-0.15, -0.1) is 0 Å². The molecule has 1 rings (SSSR count). The molecule has 1 aromatic carbocycles. The van der Waals surface area contributed by atoms with Crippen molar-refractivity contribution >= 4 is 15.7 Å². The molecule has 0 aliphatic rings. The lowest BCUT2D eigenvalue weighted by Gasteiger charge is -2.13. The van der Waals surface area contributed by atoms with Gasteiger partial charge in [0.1, 0.15) is 0 Å². The van der Waals surface area contributed by atoms with Crippen molar-refractivity contribution in [3.63, 3.8) is 0 Å². The summed E-state index contributed by atoms with van der Waals surface area (Å²) in [5, 5.41) is 19.5. The van der Waals surface area contributed by atoms with E-state index in [9.17, 15) is 18.5 Å². The molecule has 0 heterocycles. The van der Waals surface area contributed by atoms with Gasteiger partial charge in [-0.1, -0.05) is 0 Å². The van der Waals surface area contributed by atoms with Gasteiger partial charge in [0.2, 0.25) is 10.0 Å². The van der Waals surface area contributed by atoms with Crippen LogP contribution in [0.1, 0.15) is 23.1 Å². The van der Waals surface area contributed by atoms with E-state index in [0.29, 0.717) is 11.1 Å². The van der Waals surface area contributed by atoms with Crippen LogP contribution in [-0.4, -0.2) is 19.9 Å². The summed E-state index contributed by atoms with van der Waals surface area (Å²) in [5.41, 5.74) is 0.768. The molecule has 0 radical (unpaired) electrons. The molecular formula is C12H15N3O4S. The predicted octanol–water partition coefficient (Wildman–Crippen LogP) is 1.71. The topological polar surface area (TPSA) is 113 Å². The van der Waals surface area contributed by atoms with Gasteiger partial charge in [-0.05, 0) is 32.4 Å². The molecule has 0 unspecified atom stereocenters. The number of benzene rings is 1. The van der Waals surface area contributed by atoms with Crippen molar-refractivity contribution in [3.05, 3.63) is 32.9 Å². The molecule has 1 N–H and O–H groups in total. The second kappa shape index (κ2) is 5.98. The molecule has 0 atom stereocenters. The van der Waals surface area contributed by atoms with Gasteiger partial charge in [0.15, 0.2) is 0 Å². The molecular weight excluding hydrogens is 282 g/mol. The van der Waals surface area contributed by atoms with Crippen LogP contribution in [0.3, 0.4) is 0 Å². The van der Waals surface area contributed by atoms with Crippen LogP contribution < -0.4 is 4.72 Å². The lowest BCUT2D eigenvalue weighted by atomic mass is 10.1. The quantitative estimate of drug-likeness (QED) is 0.505. The van der Waals surface area contributed by atoms with E-state index in [1.165, 1.54) is 13.0 Å². The lowest BCUT2D eigenvalue weighted by Crippen LogP contribution is -2.26. The van der Waals surface area contributed by atoms with E-state index in [1.807, 2.05) is 6.07 Å². The third kappa shape index (κ3) is 3.12. The fourth-order valence-electron chi connectivity index (χ4n) is 2.17. The Balaban J connectivity index is 3.43. The molecule has 0 aliphatic heterocycles. The van der Waals surface area contributed by atoms with Crippen molar-refractivity contribution in [3.8, 4) is 6.07 Å². The predicted molar refractivity (Wildman–Crippen MR) is 72.7 cm³/mol. The molecule has 0 fully saturated rings. The Morgan fingerprint density at radius 2 is 1.95 bits per heavy atom. The van der Waals surface area contributed by atoms with Crippen LogP contribution in [0.15, 0.2) is 11.0 Å². The van der Waals surface area contributed by atoms with Crippen molar-refractivity contribution < 1.29 is 13.3 Å². The van der Waals surface area contributed by atoms with E-state index in [0.717, 1.165) is 0 Å². The summed E-state index contributed by atoms with van der Waals surface area (Å²) in [5.74, 6) is 0. The van der Waals surface area contributed by atoms with Gasteiger partial charge in [0.25, 0.3) is 5.69 Å². The highest BCUT2D eigenvalue weighted by molar-refractivity contribution is 7.89. The average molecular weight is 297 g/mol. The van der Waals surface area contributed by atoms with Crippen molar-refractivity contribution in [2.24, 2.45) is 0 Å². The molecule has 0 spiro atoms. The molecule has 0 saturated carbocycles. The van der Waals surface area contributed by atoms with E-state index >= 15 is 0 Å². The Hall–Kier alpha value is -1.98. The van der Waals surface area contributed by atoms with Crippen molar-refractivity contribution in [2.75, 3.05) is 6.54 Å². The van der Waals surface area contributed by atoms with Gasteiger partial charge < -0.3 is 0 Å². The molecule has 0 aliphatic carbocycles. The second-order valence-electron chi connectivity index (χ2n) is 4.38. The summed E-state index contributed by atoms with van der Waals surface area (Å²) in [4.78, 5) is 10.4. The number of hydrogen-bond donors (Lipinski definition) is 1. The first-order valence-corrected chi connectivity index (χ1v) is 7.32. The zero-order valence-corrected chi connectivity index (χ0v) is 12.2. The Bertz CT molecular complexity index is 690. The van der Waals surface area contributed by atoms with Gasteiger partial charge in [0.05, 0.1) is 15.9 Å². The van der Waals surface area contributed by atoms with Crippen LogP contribution in [0, 0.1) is 42.2 Å². The third-order valence-corrected chi connectivity index (χ3v) is 4.59. The molecule has 0 bridgehead atoms. The smallest absolute Gasteiger partial charge is 0.258 e. The minimum absolute atomic E-state index is 0.0284. The standard InChI is InChI=1S/C12H15N3O4S/c1-8-7-9(2)12(10(3)11(8)15(16)17)20(18,19)14-6-4-5-13/h7,14H,4,6H2,1-3H3. The van der Waals surface area contributed by atoms with Gasteiger partial charge in [-0.25, -0.2) is 13.1 Å². The Labute approximate surface area is 117 Å². The zero-order valence-electron chi connectivity index (χ0n) is 11.4. The average Bonchev–Trinajstić information content (AvgIpc) is 2.26. The zero-order chi connectivity index (χ0) is 15.5. The Kier molecular flexibility index (Phi) is 4.81. The number of rotatable bonds is 5. The minimum atomic E-state index is -3.87. The maximum Gasteiger partial charge on any atom is 0.276 e. The van der Waals surface area contributed by atoms with Crippen LogP contribution in [0.5, 0.6) is 0 Å². The summed E-state index contributed by atoms with van der Waals surface area (Å²) >= 11 is 0. The van der Waals surface area contributed by atoms with E-state index in [-0.39, 0.29) is 29.1 Å². The summed E-state index contributed by atoms with van der Waals surface area (Å²) in [7, 11) is -3.87. The van der Waals surface area contributed by atoms with E-state index < -0.39 is 14.9 Å². The summed E-state index contributed by atoms with van der Waals surface area (Å²) in [6, 6.07) is 3.30.